The first-order chi connectivity index (χ1) is 12.3. The van der Waals surface area contributed by atoms with E-state index in [9.17, 15) is 14.7 Å². The van der Waals surface area contributed by atoms with E-state index >= 15 is 0 Å². The van der Waals surface area contributed by atoms with Gasteiger partial charge in [-0.15, -0.1) is 0 Å². The summed E-state index contributed by atoms with van der Waals surface area (Å²) in [6.07, 6.45) is 2.89. The van der Waals surface area contributed by atoms with Crippen LogP contribution in [0.1, 0.15) is 62.4 Å². The van der Waals surface area contributed by atoms with Crippen LogP contribution in [0, 0.1) is 0 Å². The third-order valence-corrected chi connectivity index (χ3v) is 5.06. The standard InChI is InChI=1S/C21H31NO4/c1-16(23)26-15-21(2,3)18-8-6-17(7-9-18)20(25)5-4-12-22-13-10-19(24)11-14-22/h6-9,19,24H,4-5,10-15H2,1-3H3. The van der Waals surface area contributed by atoms with Crippen LogP contribution >= 0.6 is 0 Å². The summed E-state index contributed by atoms with van der Waals surface area (Å²) in [7, 11) is 0. The highest BCUT2D eigenvalue weighted by atomic mass is 16.5. The maximum Gasteiger partial charge on any atom is 0.302 e. The number of carbonyl (C=O) groups is 2. The van der Waals surface area contributed by atoms with Gasteiger partial charge >= 0.3 is 5.97 Å². The van der Waals surface area contributed by atoms with Gasteiger partial charge in [-0.2, -0.15) is 0 Å². The van der Waals surface area contributed by atoms with Crippen molar-refractivity contribution in [2.45, 2.75) is 58.0 Å². The number of benzene rings is 1. The average molecular weight is 361 g/mol. The largest absolute Gasteiger partial charge is 0.465 e. The Bertz CT molecular complexity index is 601. The van der Waals surface area contributed by atoms with Crippen molar-refractivity contribution < 1.29 is 19.4 Å². The Kier molecular flexibility index (Phi) is 7.35. The first-order valence-corrected chi connectivity index (χ1v) is 9.45. The van der Waals surface area contributed by atoms with Gasteiger partial charge in [0.2, 0.25) is 0 Å². The second-order valence-corrected chi connectivity index (χ2v) is 7.84. The summed E-state index contributed by atoms with van der Waals surface area (Å²) in [6.45, 7) is 8.50. The van der Waals surface area contributed by atoms with Crippen LogP contribution in [0.5, 0.6) is 0 Å². The molecule has 0 radical (unpaired) electrons. The number of ether oxygens (including phenoxy) is 1. The minimum absolute atomic E-state index is 0.156. The lowest BCUT2D eigenvalue weighted by Gasteiger charge is -2.29. The molecule has 0 amide bonds. The molecule has 0 spiro atoms. The predicted molar refractivity (Wildman–Crippen MR) is 101 cm³/mol. The average Bonchev–Trinajstić information content (AvgIpc) is 2.62. The molecule has 0 unspecified atom stereocenters. The van der Waals surface area contributed by atoms with Crippen LogP contribution in [-0.2, 0) is 14.9 Å². The van der Waals surface area contributed by atoms with Crippen molar-refractivity contribution in [2.75, 3.05) is 26.2 Å². The van der Waals surface area contributed by atoms with E-state index in [-0.39, 0.29) is 23.3 Å². The molecule has 5 nitrogen and oxygen atoms in total. The number of esters is 1. The maximum absolute atomic E-state index is 12.4. The zero-order chi connectivity index (χ0) is 19.2. The molecule has 1 saturated heterocycles. The SMILES string of the molecule is CC(=O)OCC(C)(C)c1ccc(C(=O)CCCN2CCC(O)CC2)cc1. The van der Waals surface area contributed by atoms with Gasteiger partial charge in [0, 0.05) is 37.4 Å². The quantitative estimate of drug-likeness (QED) is 0.570. The summed E-state index contributed by atoms with van der Waals surface area (Å²) in [5.74, 6) is -0.125. The van der Waals surface area contributed by atoms with Crippen LogP contribution in [0.2, 0.25) is 0 Å². The summed E-state index contributed by atoms with van der Waals surface area (Å²) in [6, 6.07) is 7.63. The highest BCUT2D eigenvalue weighted by molar-refractivity contribution is 5.96. The predicted octanol–water partition coefficient (Wildman–Crippen LogP) is 2.95. The maximum atomic E-state index is 12.4. The van der Waals surface area contributed by atoms with Crippen LogP contribution in [0.15, 0.2) is 24.3 Å². The fraction of sp³-hybridized carbons (Fsp3) is 0.619. The number of ketones is 1. The minimum atomic E-state index is -0.286. The number of hydrogen-bond acceptors (Lipinski definition) is 5. The van der Waals surface area contributed by atoms with Crippen molar-refractivity contribution in [1.29, 1.82) is 0 Å². The summed E-state index contributed by atoms with van der Waals surface area (Å²) in [5.41, 5.74) is 1.49. The summed E-state index contributed by atoms with van der Waals surface area (Å²) in [5, 5.41) is 9.52. The number of piperidine rings is 1. The van der Waals surface area contributed by atoms with Crippen molar-refractivity contribution in [2.24, 2.45) is 0 Å². The van der Waals surface area contributed by atoms with Crippen molar-refractivity contribution in [3.05, 3.63) is 35.4 Å². The smallest absolute Gasteiger partial charge is 0.302 e. The van der Waals surface area contributed by atoms with Crippen molar-refractivity contribution >= 4 is 11.8 Å². The van der Waals surface area contributed by atoms with E-state index in [1.807, 2.05) is 38.1 Å². The first-order valence-electron chi connectivity index (χ1n) is 9.45. The monoisotopic (exact) mass is 361 g/mol. The van der Waals surface area contributed by atoms with Gasteiger partial charge < -0.3 is 14.7 Å². The second-order valence-electron chi connectivity index (χ2n) is 7.84. The van der Waals surface area contributed by atoms with Gasteiger partial charge in [0.15, 0.2) is 5.78 Å². The van der Waals surface area contributed by atoms with E-state index in [2.05, 4.69) is 4.90 Å². The lowest BCUT2D eigenvalue weighted by atomic mass is 9.85. The van der Waals surface area contributed by atoms with Gasteiger partial charge in [0.05, 0.1) is 6.10 Å². The van der Waals surface area contributed by atoms with E-state index in [4.69, 9.17) is 4.74 Å². The van der Waals surface area contributed by atoms with Crippen molar-refractivity contribution in [3.63, 3.8) is 0 Å². The molecule has 1 heterocycles. The molecule has 5 heteroatoms. The molecule has 0 saturated carbocycles. The fourth-order valence-electron chi connectivity index (χ4n) is 3.22. The van der Waals surface area contributed by atoms with E-state index in [0.29, 0.717) is 13.0 Å². The number of nitrogens with zero attached hydrogens (tertiary/aromatic N) is 1. The van der Waals surface area contributed by atoms with Crippen LogP contribution in [0.3, 0.4) is 0 Å². The van der Waals surface area contributed by atoms with Crippen LogP contribution in [-0.4, -0.2) is 54.1 Å². The molecule has 1 aliphatic rings. The van der Waals surface area contributed by atoms with Gasteiger partial charge in [0.25, 0.3) is 0 Å². The Hall–Kier alpha value is -1.72. The Morgan fingerprint density at radius 3 is 2.38 bits per heavy atom. The molecule has 1 N–H and O–H groups in total. The summed E-state index contributed by atoms with van der Waals surface area (Å²) in [4.78, 5) is 25.7. The Morgan fingerprint density at radius 1 is 1.19 bits per heavy atom. The first kappa shape index (κ1) is 20.6. The van der Waals surface area contributed by atoms with Gasteiger partial charge in [-0.25, -0.2) is 0 Å². The van der Waals surface area contributed by atoms with Gasteiger partial charge in [-0.1, -0.05) is 38.1 Å². The van der Waals surface area contributed by atoms with Crippen LogP contribution in [0.25, 0.3) is 0 Å². The van der Waals surface area contributed by atoms with Gasteiger partial charge in [0.1, 0.15) is 6.61 Å². The number of rotatable bonds is 8. The third-order valence-electron chi connectivity index (χ3n) is 5.06. The van der Waals surface area contributed by atoms with E-state index in [1.54, 1.807) is 0 Å². The summed E-state index contributed by atoms with van der Waals surface area (Å²) < 4.78 is 5.13. The molecule has 0 aromatic heterocycles. The third kappa shape index (κ3) is 6.22. The molecule has 1 aromatic rings. The highest BCUT2D eigenvalue weighted by Crippen LogP contribution is 2.24. The zero-order valence-electron chi connectivity index (χ0n) is 16.2. The topological polar surface area (TPSA) is 66.8 Å². The molecule has 144 valence electrons. The van der Waals surface area contributed by atoms with Crippen LogP contribution < -0.4 is 0 Å². The Morgan fingerprint density at radius 2 is 1.81 bits per heavy atom. The Balaban J connectivity index is 1.81. The fourth-order valence-corrected chi connectivity index (χ4v) is 3.22. The zero-order valence-corrected chi connectivity index (χ0v) is 16.2. The Labute approximate surface area is 156 Å². The second kappa shape index (κ2) is 9.28. The van der Waals surface area contributed by atoms with Crippen LogP contribution in [0.4, 0.5) is 0 Å². The molecule has 0 aliphatic carbocycles. The lowest BCUT2D eigenvalue weighted by molar-refractivity contribution is -0.142. The number of likely N-dealkylation sites (tertiary alicyclic amines) is 1. The van der Waals surface area contributed by atoms with Gasteiger partial charge in [-0.05, 0) is 31.4 Å². The molecule has 26 heavy (non-hydrogen) atoms. The van der Waals surface area contributed by atoms with Gasteiger partial charge in [-0.3, -0.25) is 9.59 Å². The number of Topliss-reactive ketones (excluding diaryl/α,β-unsaturated/α-hetero) is 1. The minimum Gasteiger partial charge on any atom is -0.465 e. The number of hydrogen-bond donors (Lipinski definition) is 1. The van der Waals surface area contributed by atoms with Crippen molar-refractivity contribution in [3.8, 4) is 0 Å². The van der Waals surface area contributed by atoms with E-state index in [0.717, 1.165) is 50.0 Å². The summed E-state index contributed by atoms with van der Waals surface area (Å²) >= 11 is 0. The normalized spacial score (nSPS) is 16.5. The van der Waals surface area contributed by atoms with E-state index in [1.165, 1.54) is 6.92 Å². The molecular weight excluding hydrogens is 330 g/mol. The number of aliphatic hydroxyl groups excluding tert-OH is 1. The lowest BCUT2D eigenvalue weighted by Crippen LogP contribution is -2.36. The molecular formula is C21H31NO4. The molecule has 1 aromatic carbocycles. The molecule has 0 atom stereocenters. The molecule has 1 aliphatic heterocycles. The van der Waals surface area contributed by atoms with Crippen molar-refractivity contribution in [1.82, 2.24) is 4.90 Å². The van der Waals surface area contributed by atoms with E-state index < -0.39 is 0 Å². The number of carbonyl (C=O) groups excluding carboxylic acids is 2. The molecule has 2 rings (SSSR count). The molecule has 0 bridgehead atoms. The molecule has 1 fully saturated rings. The number of aliphatic hydroxyl groups is 1. The highest BCUT2D eigenvalue weighted by Gasteiger charge is 2.22.